The molecule has 1 aliphatic heterocycles. The first-order chi connectivity index (χ1) is 8.25. The molecule has 1 aromatic carbocycles. The van der Waals surface area contributed by atoms with Gasteiger partial charge in [0.1, 0.15) is 0 Å². The Kier molecular flexibility index (Phi) is 2.90. The number of benzene rings is 1. The summed E-state index contributed by atoms with van der Waals surface area (Å²) in [5.74, 6) is 0. The summed E-state index contributed by atoms with van der Waals surface area (Å²) >= 11 is 0. The number of hydrogen-bond donors (Lipinski definition) is 0. The lowest BCUT2D eigenvalue weighted by Crippen LogP contribution is -2.17. The second-order valence-electron chi connectivity index (χ2n) is 4.61. The van der Waals surface area contributed by atoms with Crippen LogP contribution >= 0.6 is 0 Å². The molecule has 0 aromatic heterocycles. The van der Waals surface area contributed by atoms with Crippen LogP contribution in [0, 0.1) is 24.0 Å². The summed E-state index contributed by atoms with van der Waals surface area (Å²) in [6.07, 6.45) is 0. The third-order valence-electron chi connectivity index (χ3n) is 2.96. The van der Waals surface area contributed by atoms with Gasteiger partial charge in [0.2, 0.25) is 0 Å². The Hall–Kier alpha value is -1.47. The van der Waals surface area contributed by atoms with Crippen molar-refractivity contribution in [1.29, 1.82) is 0 Å². The van der Waals surface area contributed by atoms with Crippen LogP contribution in [0.15, 0.2) is 17.0 Å². The van der Waals surface area contributed by atoms with Gasteiger partial charge in [-0.15, -0.1) is 0 Å². The van der Waals surface area contributed by atoms with Gasteiger partial charge >= 0.3 is 0 Å². The van der Waals surface area contributed by atoms with E-state index in [-0.39, 0.29) is 16.6 Å². The van der Waals surface area contributed by atoms with Gasteiger partial charge in [0, 0.05) is 18.7 Å². The molecule has 0 bridgehead atoms. The van der Waals surface area contributed by atoms with Crippen molar-refractivity contribution >= 4 is 15.7 Å². The van der Waals surface area contributed by atoms with E-state index in [0.717, 1.165) is 0 Å². The molecule has 1 aliphatic rings. The highest BCUT2D eigenvalue weighted by atomic mass is 32.2. The van der Waals surface area contributed by atoms with E-state index in [0.29, 0.717) is 17.7 Å². The highest BCUT2D eigenvalue weighted by Crippen LogP contribution is 2.35. The normalized spacial score (nSPS) is 22.8. The van der Waals surface area contributed by atoms with E-state index in [9.17, 15) is 18.5 Å². The topological polar surface area (TPSA) is 80.3 Å². The maximum atomic E-state index is 12.3. The van der Waals surface area contributed by atoms with Crippen LogP contribution in [0.3, 0.4) is 0 Å². The standard InChI is InChI=1S/C11H14N2O4S/c1-7-4-8(2)11(10(5-7)13(14)15)18(16,17)12-6-9(12)3/h4-5,9H,6H2,1-3H3. The Labute approximate surface area is 105 Å². The Bertz CT molecular complexity index is 624. The van der Waals surface area contributed by atoms with Crippen LogP contribution in [0.5, 0.6) is 0 Å². The summed E-state index contributed by atoms with van der Waals surface area (Å²) in [7, 11) is -3.75. The maximum absolute atomic E-state index is 12.3. The molecule has 6 nitrogen and oxygen atoms in total. The number of nitrogens with zero attached hydrogens (tertiary/aromatic N) is 2. The van der Waals surface area contributed by atoms with Crippen LogP contribution in [0.1, 0.15) is 18.1 Å². The van der Waals surface area contributed by atoms with Crippen LogP contribution in [0.25, 0.3) is 0 Å². The van der Waals surface area contributed by atoms with Gasteiger partial charge in [-0.3, -0.25) is 10.1 Å². The van der Waals surface area contributed by atoms with Crippen LogP contribution in [-0.2, 0) is 10.0 Å². The Balaban J connectivity index is 2.67. The Morgan fingerprint density at radius 1 is 1.39 bits per heavy atom. The van der Waals surface area contributed by atoms with Gasteiger partial charge in [0.15, 0.2) is 4.90 Å². The largest absolute Gasteiger partial charge is 0.289 e. The van der Waals surface area contributed by atoms with Crippen molar-refractivity contribution in [1.82, 2.24) is 4.31 Å². The zero-order chi connectivity index (χ0) is 13.7. The molecule has 0 N–H and O–H groups in total. The lowest BCUT2D eigenvalue weighted by Gasteiger charge is -2.10. The molecule has 7 heteroatoms. The summed E-state index contributed by atoms with van der Waals surface area (Å²) in [5, 5.41) is 11.0. The van der Waals surface area contributed by atoms with E-state index in [1.54, 1.807) is 26.8 Å². The third-order valence-corrected chi connectivity index (χ3v) is 5.14. The average Bonchev–Trinajstić information content (AvgIpc) is 2.94. The molecule has 1 fully saturated rings. The number of hydrogen-bond acceptors (Lipinski definition) is 4. The fourth-order valence-corrected chi connectivity index (χ4v) is 4.05. The van der Waals surface area contributed by atoms with Crippen LogP contribution in [0.2, 0.25) is 0 Å². The van der Waals surface area contributed by atoms with Crippen molar-refractivity contribution in [2.75, 3.05) is 6.54 Å². The minimum absolute atomic E-state index is 0.0738. The smallest absolute Gasteiger partial charge is 0.258 e. The molecule has 1 saturated heterocycles. The summed E-state index contributed by atoms with van der Waals surface area (Å²) < 4.78 is 25.8. The van der Waals surface area contributed by atoms with Crippen molar-refractivity contribution in [3.8, 4) is 0 Å². The second-order valence-corrected chi connectivity index (χ2v) is 6.44. The minimum atomic E-state index is -3.75. The zero-order valence-electron chi connectivity index (χ0n) is 10.4. The molecule has 2 unspecified atom stereocenters. The molecule has 0 amide bonds. The first kappa shape index (κ1) is 13.0. The number of rotatable bonds is 3. The molecule has 0 aliphatic carbocycles. The van der Waals surface area contributed by atoms with Gasteiger partial charge in [0.05, 0.1) is 4.92 Å². The zero-order valence-corrected chi connectivity index (χ0v) is 11.2. The van der Waals surface area contributed by atoms with Gasteiger partial charge in [-0.1, -0.05) is 6.07 Å². The summed E-state index contributed by atoms with van der Waals surface area (Å²) in [5.41, 5.74) is 0.754. The number of nitro groups is 1. The molecule has 98 valence electrons. The maximum Gasteiger partial charge on any atom is 0.289 e. The van der Waals surface area contributed by atoms with Crippen LogP contribution < -0.4 is 0 Å². The summed E-state index contributed by atoms with van der Waals surface area (Å²) in [4.78, 5) is 10.2. The molecule has 1 aromatic rings. The molecule has 2 atom stereocenters. The number of aryl methyl sites for hydroxylation is 2. The van der Waals surface area contributed by atoms with Crippen molar-refractivity contribution in [2.24, 2.45) is 0 Å². The SMILES string of the molecule is Cc1cc(C)c(S(=O)(=O)N2CC2C)c([N+](=O)[O-])c1. The first-order valence-corrected chi connectivity index (χ1v) is 6.96. The lowest BCUT2D eigenvalue weighted by molar-refractivity contribution is -0.388. The minimum Gasteiger partial charge on any atom is -0.258 e. The van der Waals surface area contributed by atoms with E-state index >= 15 is 0 Å². The lowest BCUT2D eigenvalue weighted by atomic mass is 10.1. The molecule has 1 heterocycles. The number of nitro benzene ring substituents is 1. The second kappa shape index (κ2) is 4.03. The van der Waals surface area contributed by atoms with Gasteiger partial charge in [-0.2, -0.15) is 4.31 Å². The predicted molar refractivity (Wildman–Crippen MR) is 65.9 cm³/mol. The Morgan fingerprint density at radius 3 is 2.39 bits per heavy atom. The Morgan fingerprint density at radius 2 is 1.94 bits per heavy atom. The van der Waals surface area contributed by atoms with E-state index < -0.39 is 14.9 Å². The predicted octanol–water partition coefficient (Wildman–Crippen LogP) is 1.60. The van der Waals surface area contributed by atoms with Gasteiger partial charge in [0.25, 0.3) is 15.7 Å². The van der Waals surface area contributed by atoms with Crippen molar-refractivity contribution < 1.29 is 13.3 Å². The van der Waals surface area contributed by atoms with Gasteiger partial charge in [-0.05, 0) is 31.9 Å². The van der Waals surface area contributed by atoms with E-state index in [1.165, 1.54) is 10.4 Å². The quantitative estimate of drug-likeness (QED) is 0.474. The molecule has 0 radical (unpaired) electrons. The fraction of sp³-hybridized carbons (Fsp3) is 0.455. The van der Waals surface area contributed by atoms with Crippen molar-refractivity contribution in [3.05, 3.63) is 33.4 Å². The molecule has 2 rings (SSSR count). The summed E-state index contributed by atoms with van der Waals surface area (Å²) in [6, 6.07) is 2.87. The van der Waals surface area contributed by atoms with E-state index in [2.05, 4.69) is 0 Å². The van der Waals surface area contributed by atoms with Crippen LogP contribution in [-0.4, -0.2) is 30.2 Å². The molecular weight excluding hydrogens is 256 g/mol. The third kappa shape index (κ3) is 1.99. The fourth-order valence-electron chi connectivity index (χ4n) is 2.07. The molecule has 0 spiro atoms. The van der Waals surface area contributed by atoms with Crippen molar-refractivity contribution in [3.63, 3.8) is 0 Å². The van der Waals surface area contributed by atoms with Gasteiger partial charge in [-0.25, -0.2) is 8.42 Å². The van der Waals surface area contributed by atoms with Crippen LogP contribution in [0.4, 0.5) is 5.69 Å². The molecule has 0 saturated carbocycles. The number of sulfonamides is 1. The highest BCUT2D eigenvalue weighted by Gasteiger charge is 2.44. The molecular formula is C11H14N2O4S. The monoisotopic (exact) mass is 270 g/mol. The highest BCUT2D eigenvalue weighted by molar-refractivity contribution is 7.89. The van der Waals surface area contributed by atoms with Gasteiger partial charge < -0.3 is 0 Å². The first-order valence-electron chi connectivity index (χ1n) is 5.52. The van der Waals surface area contributed by atoms with E-state index in [4.69, 9.17) is 0 Å². The van der Waals surface area contributed by atoms with Crippen molar-refractivity contribution in [2.45, 2.75) is 31.7 Å². The summed E-state index contributed by atoms with van der Waals surface area (Å²) in [6.45, 7) is 5.48. The molecule has 18 heavy (non-hydrogen) atoms. The average molecular weight is 270 g/mol. The van der Waals surface area contributed by atoms with E-state index in [1.807, 2.05) is 0 Å².